The van der Waals surface area contributed by atoms with Crippen LogP contribution in [0, 0.1) is 5.82 Å². The molecule has 1 rings (SSSR count). The van der Waals surface area contributed by atoms with Gasteiger partial charge in [-0.05, 0) is 12.1 Å². The van der Waals surface area contributed by atoms with Crippen LogP contribution in [0.3, 0.4) is 0 Å². The van der Waals surface area contributed by atoms with E-state index in [9.17, 15) is 19.1 Å². The predicted molar refractivity (Wildman–Crippen MR) is 47.8 cm³/mol. The first-order chi connectivity index (χ1) is 6.56. The zero-order valence-electron chi connectivity index (χ0n) is 7.37. The van der Waals surface area contributed by atoms with E-state index in [1.54, 1.807) is 0 Å². The Bertz CT molecular complexity index is 390. The number of nitrogens with one attached hydrogen (secondary N) is 1. The Hall–Kier alpha value is -1.91. The zero-order chi connectivity index (χ0) is 10.7. The summed E-state index contributed by atoms with van der Waals surface area (Å²) < 4.78 is 13.0. The molecule has 0 fully saturated rings. The molecule has 1 aromatic carbocycles. The standard InChI is InChI=1S/C9H8FNO3/c1-5(13)11-9-6(4-12)7(10)2-3-8(9)14/h2-4,14H,1H3,(H,11,13). The van der Waals surface area contributed by atoms with Crippen LogP contribution in [0.25, 0.3) is 0 Å². The monoisotopic (exact) mass is 197 g/mol. The highest BCUT2D eigenvalue weighted by Gasteiger charge is 2.13. The molecule has 14 heavy (non-hydrogen) atoms. The summed E-state index contributed by atoms with van der Waals surface area (Å²) in [6, 6.07) is 2.01. The van der Waals surface area contributed by atoms with Gasteiger partial charge in [0.1, 0.15) is 11.6 Å². The van der Waals surface area contributed by atoms with Crippen molar-refractivity contribution in [3.8, 4) is 5.75 Å². The smallest absolute Gasteiger partial charge is 0.221 e. The summed E-state index contributed by atoms with van der Waals surface area (Å²) in [5, 5.41) is 11.4. The fraction of sp³-hybridized carbons (Fsp3) is 0.111. The molecular weight excluding hydrogens is 189 g/mol. The largest absolute Gasteiger partial charge is 0.506 e. The number of aromatic hydroxyl groups is 1. The lowest BCUT2D eigenvalue weighted by atomic mass is 10.1. The molecule has 0 spiro atoms. The zero-order valence-corrected chi connectivity index (χ0v) is 7.37. The lowest BCUT2D eigenvalue weighted by Gasteiger charge is -2.07. The van der Waals surface area contributed by atoms with Gasteiger partial charge in [-0.15, -0.1) is 0 Å². The SMILES string of the molecule is CC(=O)Nc1c(O)ccc(F)c1C=O. The summed E-state index contributed by atoms with van der Waals surface area (Å²) in [5.74, 6) is -1.63. The number of carbonyl (C=O) groups is 2. The molecule has 5 heteroatoms. The van der Waals surface area contributed by atoms with E-state index >= 15 is 0 Å². The molecule has 0 saturated heterocycles. The number of phenolic OH excluding ortho intramolecular Hbond substituents is 1. The van der Waals surface area contributed by atoms with Crippen LogP contribution in [-0.4, -0.2) is 17.3 Å². The summed E-state index contributed by atoms with van der Waals surface area (Å²) in [5.41, 5.74) is -0.562. The van der Waals surface area contributed by atoms with Gasteiger partial charge in [-0.25, -0.2) is 4.39 Å². The van der Waals surface area contributed by atoms with Crippen molar-refractivity contribution in [3.05, 3.63) is 23.5 Å². The Morgan fingerprint density at radius 2 is 2.21 bits per heavy atom. The van der Waals surface area contributed by atoms with Crippen molar-refractivity contribution in [2.24, 2.45) is 0 Å². The maximum atomic E-state index is 13.0. The fourth-order valence-corrected chi connectivity index (χ4v) is 1.01. The van der Waals surface area contributed by atoms with Crippen LogP contribution >= 0.6 is 0 Å². The molecule has 0 atom stereocenters. The molecule has 4 nitrogen and oxygen atoms in total. The highest BCUT2D eigenvalue weighted by Crippen LogP contribution is 2.28. The van der Waals surface area contributed by atoms with Crippen molar-refractivity contribution in [2.75, 3.05) is 5.32 Å². The van der Waals surface area contributed by atoms with Crippen molar-refractivity contribution in [1.82, 2.24) is 0 Å². The molecule has 2 N–H and O–H groups in total. The van der Waals surface area contributed by atoms with Crippen molar-refractivity contribution >= 4 is 17.9 Å². The first-order valence-electron chi connectivity index (χ1n) is 3.80. The average molecular weight is 197 g/mol. The van der Waals surface area contributed by atoms with Crippen LogP contribution in [0.2, 0.25) is 0 Å². The van der Waals surface area contributed by atoms with Crippen molar-refractivity contribution in [2.45, 2.75) is 6.92 Å². The maximum Gasteiger partial charge on any atom is 0.221 e. The second-order valence-corrected chi connectivity index (χ2v) is 2.65. The van der Waals surface area contributed by atoms with Crippen molar-refractivity contribution in [3.63, 3.8) is 0 Å². The van der Waals surface area contributed by atoms with Gasteiger partial charge >= 0.3 is 0 Å². The average Bonchev–Trinajstić information content (AvgIpc) is 2.11. The van der Waals surface area contributed by atoms with Gasteiger partial charge in [-0.3, -0.25) is 9.59 Å². The van der Waals surface area contributed by atoms with Crippen LogP contribution in [0.15, 0.2) is 12.1 Å². The lowest BCUT2D eigenvalue weighted by molar-refractivity contribution is -0.114. The van der Waals surface area contributed by atoms with E-state index in [4.69, 9.17) is 0 Å². The lowest BCUT2D eigenvalue weighted by Crippen LogP contribution is -2.09. The molecule has 0 heterocycles. The Labute approximate surface area is 79.4 Å². The molecule has 0 bridgehead atoms. The highest BCUT2D eigenvalue weighted by molar-refractivity contribution is 5.97. The van der Waals surface area contributed by atoms with Gasteiger partial charge < -0.3 is 10.4 Å². The minimum atomic E-state index is -0.790. The van der Waals surface area contributed by atoms with E-state index < -0.39 is 11.7 Å². The normalized spacial score (nSPS) is 9.57. The molecule has 0 aliphatic rings. The third-order valence-corrected chi connectivity index (χ3v) is 1.59. The quantitative estimate of drug-likeness (QED) is 0.554. The topological polar surface area (TPSA) is 66.4 Å². The molecule has 0 radical (unpaired) electrons. The number of hydrogen-bond acceptors (Lipinski definition) is 3. The molecule has 1 aromatic rings. The Balaban J connectivity index is 3.29. The first kappa shape index (κ1) is 10.2. The number of amides is 1. The van der Waals surface area contributed by atoms with Gasteiger partial charge in [0.2, 0.25) is 5.91 Å². The number of aldehydes is 1. The molecule has 0 aromatic heterocycles. The van der Waals surface area contributed by atoms with Crippen molar-refractivity contribution < 1.29 is 19.1 Å². The van der Waals surface area contributed by atoms with E-state index in [-0.39, 0.29) is 23.3 Å². The van der Waals surface area contributed by atoms with Gasteiger partial charge in [0, 0.05) is 6.92 Å². The van der Waals surface area contributed by atoms with Gasteiger partial charge in [0.05, 0.1) is 11.3 Å². The van der Waals surface area contributed by atoms with Crippen molar-refractivity contribution in [1.29, 1.82) is 0 Å². The van der Waals surface area contributed by atoms with E-state index in [1.807, 2.05) is 0 Å². The second kappa shape index (κ2) is 3.87. The molecule has 0 saturated carbocycles. The third-order valence-electron chi connectivity index (χ3n) is 1.59. The van der Waals surface area contributed by atoms with Gasteiger partial charge in [-0.1, -0.05) is 0 Å². The number of carbonyl (C=O) groups excluding carboxylic acids is 2. The summed E-state index contributed by atoms with van der Waals surface area (Å²) in [7, 11) is 0. The number of phenols is 1. The summed E-state index contributed by atoms with van der Waals surface area (Å²) in [4.78, 5) is 21.2. The van der Waals surface area contributed by atoms with Crippen LogP contribution in [0.1, 0.15) is 17.3 Å². The molecule has 0 unspecified atom stereocenters. The number of rotatable bonds is 2. The number of hydrogen-bond donors (Lipinski definition) is 2. The minimum Gasteiger partial charge on any atom is -0.506 e. The van der Waals surface area contributed by atoms with E-state index in [0.29, 0.717) is 0 Å². The number of halogens is 1. The first-order valence-corrected chi connectivity index (χ1v) is 3.80. The number of anilines is 1. The van der Waals surface area contributed by atoms with Crippen LogP contribution < -0.4 is 5.32 Å². The summed E-state index contributed by atoms with van der Waals surface area (Å²) in [6.45, 7) is 1.19. The molecule has 1 amide bonds. The van der Waals surface area contributed by atoms with Gasteiger partial charge in [-0.2, -0.15) is 0 Å². The Morgan fingerprint density at radius 3 is 2.71 bits per heavy atom. The number of benzene rings is 1. The molecule has 0 aliphatic heterocycles. The molecule has 74 valence electrons. The Morgan fingerprint density at radius 1 is 1.57 bits per heavy atom. The predicted octanol–water partition coefficient (Wildman–Crippen LogP) is 1.30. The Kier molecular flexibility index (Phi) is 2.81. The van der Waals surface area contributed by atoms with Gasteiger partial charge in [0.15, 0.2) is 6.29 Å². The van der Waals surface area contributed by atoms with Gasteiger partial charge in [0.25, 0.3) is 0 Å². The highest BCUT2D eigenvalue weighted by atomic mass is 19.1. The molecular formula is C9H8FNO3. The fourth-order valence-electron chi connectivity index (χ4n) is 1.01. The van der Waals surface area contributed by atoms with E-state index in [1.165, 1.54) is 6.92 Å². The van der Waals surface area contributed by atoms with Crippen LogP contribution in [-0.2, 0) is 4.79 Å². The summed E-state index contributed by atoms with van der Waals surface area (Å²) >= 11 is 0. The summed E-state index contributed by atoms with van der Waals surface area (Å²) in [6.07, 6.45) is 0.236. The van der Waals surface area contributed by atoms with Crippen LogP contribution in [0.5, 0.6) is 5.75 Å². The van der Waals surface area contributed by atoms with E-state index in [0.717, 1.165) is 12.1 Å². The maximum absolute atomic E-state index is 13.0. The minimum absolute atomic E-state index is 0.201. The third kappa shape index (κ3) is 1.87. The van der Waals surface area contributed by atoms with Crippen LogP contribution in [0.4, 0.5) is 10.1 Å². The molecule has 0 aliphatic carbocycles. The van der Waals surface area contributed by atoms with E-state index in [2.05, 4.69) is 5.32 Å². The second-order valence-electron chi connectivity index (χ2n) is 2.65.